The summed E-state index contributed by atoms with van der Waals surface area (Å²) in [5.74, 6) is 0.487. The van der Waals surface area contributed by atoms with Gasteiger partial charge in [-0.15, -0.1) is 0 Å². The van der Waals surface area contributed by atoms with Gasteiger partial charge in [-0.1, -0.05) is 6.92 Å². The summed E-state index contributed by atoms with van der Waals surface area (Å²) >= 11 is 0. The van der Waals surface area contributed by atoms with Crippen LogP contribution in [0, 0.1) is 11.8 Å². The quantitative estimate of drug-likeness (QED) is 0.678. The molecule has 1 saturated carbocycles. The van der Waals surface area contributed by atoms with Crippen molar-refractivity contribution in [2.24, 2.45) is 11.8 Å². The first kappa shape index (κ1) is 11.4. The van der Waals surface area contributed by atoms with Crippen LogP contribution >= 0.6 is 0 Å². The smallest absolute Gasteiger partial charge is 0.328 e. The van der Waals surface area contributed by atoms with E-state index >= 15 is 0 Å². The van der Waals surface area contributed by atoms with Crippen molar-refractivity contribution in [3.05, 3.63) is 0 Å². The summed E-state index contributed by atoms with van der Waals surface area (Å²) < 4.78 is 4.74. The molecule has 0 aromatic heterocycles. The first-order chi connectivity index (χ1) is 7.65. The number of rotatable bonds is 3. The van der Waals surface area contributed by atoms with Crippen molar-refractivity contribution >= 4 is 11.9 Å². The van der Waals surface area contributed by atoms with Crippen molar-refractivity contribution in [2.75, 3.05) is 13.7 Å². The summed E-state index contributed by atoms with van der Waals surface area (Å²) in [6.07, 6.45) is 3.96. The lowest BCUT2D eigenvalue weighted by atomic mass is 10.0. The molecule has 90 valence electrons. The molecule has 4 heteroatoms. The molecule has 2 fully saturated rings. The number of hydrogen-bond acceptors (Lipinski definition) is 3. The van der Waals surface area contributed by atoms with E-state index in [0.29, 0.717) is 12.5 Å². The fraction of sp³-hybridized carbons (Fsp3) is 0.833. The molecule has 0 bridgehead atoms. The third-order valence-corrected chi connectivity index (χ3v) is 3.73. The molecule has 0 radical (unpaired) electrons. The van der Waals surface area contributed by atoms with Crippen molar-refractivity contribution in [2.45, 2.75) is 38.6 Å². The van der Waals surface area contributed by atoms with Crippen LogP contribution in [0.5, 0.6) is 0 Å². The fourth-order valence-electron chi connectivity index (χ4n) is 2.47. The molecule has 2 unspecified atom stereocenters. The Morgan fingerprint density at radius 1 is 1.31 bits per heavy atom. The van der Waals surface area contributed by atoms with E-state index in [1.54, 1.807) is 4.90 Å². The molecular formula is C12H19NO3. The number of carbonyl (C=O) groups excluding carboxylic acids is 2. The Kier molecular flexibility index (Phi) is 3.17. The summed E-state index contributed by atoms with van der Waals surface area (Å²) in [5, 5.41) is 0. The molecule has 1 aliphatic carbocycles. The number of nitrogens with zero attached hydrogens (tertiary/aromatic N) is 1. The minimum absolute atomic E-state index is 0.0743. The molecule has 2 aliphatic rings. The summed E-state index contributed by atoms with van der Waals surface area (Å²) in [7, 11) is 1.38. The third kappa shape index (κ3) is 2.06. The molecule has 2 atom stereocenters. The zero-order valence-corrected chi connectivity index (χ0v) is 9.94. The summed E-state index contributed by atoms with van der Waals surface area (Å²) in [6.45, 7) is 2.68. The zero-order valence-electron chi connectivity index (χ0n) is 9.94. The first-order valence-corrected chi connectivity index (χ1v) is 6.03. The standard InChI is InChI=1S/C12H19NO3/c1-8(9-5-6-9)11(14)13-7-3-4-10(13)12(15)16-2/h8-10H,3-7H2,1-2H3. The molecule has 0 aromatic rings. The normalized spacial score (nSPS) is 26.6. The van der Waals surface area contributed by atoms with Crippen molar-refractivity contribution in [1.82, 2.24) is 4.90 Å². The molecule has 1 aliphatic heterocycles. The van der Waals surface area contributed by atoms with E-state index in [0.717, 1.165) is 25.7 Å². The lowest BCUT2D eigenvalue weighted by Gasteiger charge is -2.25. The van der Waals surface area contributed by atoms with E-state index in [4.69, 9.17) is 4.74 Å². The van der Waals surface area contributed by atoms with Gasteiger partial charge in [-0.3, -0.25) is 4.79 Å². The molecule has 16 heavy (non-hydrogen) atoms. The number of ether oxygens (including phenoxy) is 1. The van der Waals surface area contributed by atoms with Gasteiger partial charge in [0.1, 0.15) is 6.04 Å². The molecule has 1 saturated heterocycles. The maximum atomic E-state index is 12.2. The van der Waals surface area contributed by atoms with Crippen molar-refractivity contribution in [1.29, 1.82) is 0 Å². The van der Waals surface area contributed by atoms with E-state index in [2.05, 4.69) is 0 Å². The Balaban J connectivity index is 2.01. The Morgan fingerprint density at radius 3 is 2.56 bits per heavy atom. The maximum absolute atomic E-state index is 12.2. The predicted octanol–water partition coefficient (Wildman–Crippen LogP) is 1.20. The highest BCUT2D eigenvalue weighted by molar-refractivity contribution is 5.86. The SMILES string of the molecule is COC(=O)C1CCCN1C(=O)C(C)C1CC1. The lowest BCUT2D eigenvalue weighted by Crippen LogP contribution is -2.43. The molecular weight excluding hydrogens is 206 g/mol. The van der Waals surface area contributed by atoms with Crippen LogP contribution in [0.4, 0.5) is 0 Å². The van der Waals surface area contributed by atoms with Crippen LogP contribution in [-0.2, 0) is 14.3 Å². The number of amides is 1. The van der Waals surface area contributed by atoms with Gasteiger partial charge >= 0.3 is 5.97 Å². The lowest BCUT2D eigenvalue weighted by molar-refractivity contribution is -0.152. The minimum atomic E-state index is -0.335. The highest BCUT2D eigenvalue weighted by Gasteiger charge is 2.40. The predicted molar refractivity (Wildman–Crippen MR) is 58.6 cm³/mol. The van der Waals surface area contributed by atoms with Gasteiger partial charge in [-0.05, 0) is 31.6 Å². The number of likely N-dealkylation sites (tertiary alicyclic amines) is 1. The number of esters is 1. The minimum Gasteiger partial charge on any atom is -0.467 e. The van der Waals surface area contributed by atoms with Gasteiger partial charge in [-0.25, -0.2) is 4.79 Å². The summed E-state index contributed by atoms with van der Waals surface area (Å²) in [6, 6.07) is -0.335. The van der Waals surface area contributed by atoms with Crippen LogP contribution in [0.2, 0.25) is 0 Å². The molecule has 1 amide bonds. The fourth-order valence-corrected chi connectivity index (χ4v) is 2.47. The largest absolute Gasteiger partial charge is 0.467 e. The topological polar surface area (TPSA) is 46.6 Å². The van der Waals surface area contributed by atoms with Gasteiger partial charge in [0.25, 0.3) is 0 Å². The van der Waals surface area contributed by atoms with Crippen LogP contribution in [0.1, 0.15) is 32.6 Å². The van der Waals surface area contributed by atoms with Crippen molar-refractivity contribution in [3.63, 3.8) is 0 Å². The second-order valence-electron chi connectivity index (χ2n) is 4.84. The highest BCUT2D eigenvalue weighted by atomic mass is 16.5. The Hall–Kier alpha value is -1.06. The maximum Gasteiger partial charge on any atom is 0.328 e. The zero-order chi connectivity index (χ0) is 11.7. The van der Waals surface area contributed by atoms with E-state index in [1.807, 2.05) is 6.92 Å². The van der Waals surface area contributed by atoms with Gasteiger partial charge in [0.15, 0.2) is 0 Å². The molecule has 0 aromatic carbocycles. The second-order valence-corrected chi connectivity index (χ2v) is 4.84. The average Bonchev–Trinajstić information content (AvgIpc) is 3.03. The van der Waals surface area contributed by atoms with Crippen LogP contribution in [-0.4, -0.2) is 36.5 Å². The van der Waals surface area contributed by atoms with Gasteiger partial charge in [-0.2, -0.15) is 0 Å². The van der Waals surface area contributed by atoms with Crippen LogP contribution in [0.25, 0.3) is 0 Å². The Bertz CT molecular complexity index is 299. The van der Waals surface area contributed by atoms with E-state index in [-0.39, 0.29) is 23.8 Å². The summed E-state index contributed by atoms with van der Waals surface area (Å²) in [4.78, 5) is 25.4. The van der Waals surface area contributed by atoms with Gasteiger partial charge in [0, 0.05) is 12.5 Å². The van der Waals surface area contributed by atoms with Crippen molar-refractivity contribution < 1.29 is 14.3 Å². The van der Waals surface area contributed by atoms with Gasteiger partial charge in [0.05, 0.1) is 7.11 Å². The number of methoxy groups -OCH3 is 1. The molecule has 4 nitrogen and oxygen atoms in total. The Morgan fingerprint density at radius 2 is 2.00 bits per heavy atom. The first-order valence-electron chi connectivity index (χ1n) is 6.03. The Labute approximate surface area is 95.9 Å². The van der Waals surface area contributed by atoms with Gasteiger partial charge < -0.3 is 9.64 Å². The molecule has 2 rings (SSSR count). The average molecular weight is 225 g/mol. The van der Waals surface area contributed by atoms with E-state index in [9.17, 15) is 9.59 Å². The van der Waals surface area contributed by atoms with Crippen LogP contribution in [0.15, 0.2) is 0 Å². The summed E-state index contributed by atoms with van der Waals surface area (Å²) in [5.41, 5.74) is 0. The highest BCUT2D eigenvalue weighted by Crippen LogP contribution is 2.38. The van der Waals surface area contributed by atoms with Crippen LogP contribution < -0.4 is 0 Å². The molecule has 0 spiro atoms. The van der Waals surface area contributed by atoms with Gasteiger partial charge in [0.2, 0.25) is 5.91 Å². The molecule has 1 heterocycles. The monoisotopic (exact) mass is 225 g/mol. The van der Waals surface area contributed by atoms with E-state index in [1.165, 1.54) is 7.11 Å². The number of hydrogen-bond donors (Lipinski definition) is 0. The van der Waals surface area contributed by atoms with Crippen molar-refractivity contribution in [3.8, 4) is 0 Å². The van der Waals surface area contributed by atoms with Crippen LogP contribution in [0.3, 0.4) is 0 Å². The molecule has 0 N–H and O–H groups in total. The number of carbonyl (C=O) groups is 2. The van der Waals surface area contributed by atoms with E-state index < -0.39 is 0 Å². The second kappa shape index (κ2) is 4.44. The third-order valence-electron chi connectivity index (χ3n) is 3.73.